The molecule has 6 N–H and O–H groups in total. The van der Waals surface area contributed by atoms with E-state index in [4.69, 9.17) is 40.7 Å². The van der Waals surface area contributed by atoms with Gasteiger partial charge in [0.15, 0.2) is 11.5 Å². The Bertz CT molecular complexity index is 1720. The minimum Gasteiger partial charge on any atom is -0.495 e. The second-order valence-electron chi connectivity index (χ2n) is 12.1. The fraction of sp³-hybridized carbons (Fsp3) is 0.368. The molecule has 0 aliphatic rings. The molecule has 14 nitrogen and oxygen atoms in total. The Hall–Kier alpha value is -3.59. The third-order valence-corrected chi connectivity index (χ3v) is 9.64. The van der Waals surface area contributed by atoms with Gasteiger partial charge < -0.3 is 24.7 Å². The molecule has 0 heterocycles. The Kier molecular flexibility index (Phi) is 22.7. The van der Waals surface area contributed by atoms with Gasteiger partial charge in [-0.3, -0.25) is 4.18 Å². The molecular formula is C38H53N3O11S3. The van der Waals surface area contributed by atoms with Crippen molar-refractivity contribution < 1.29 is 50.2 Å². The maximum absolute atomic E-state index is 12.0. The summed E-state index contributed by atoms with van der Waals surface area (Å²) in [5, 5.41) is 0. The Morgan fingerprint density at radius 2 is 1.18 bits per heavy atom. The van der Waals surface area contributed by atoms with Crippen molar-refractivity contribution in [3.8, 4) is 23.0 Å². The molecule has 0 aliphatic carbocycles. The fourth-order valence-electron chi connectivity index (χ4n) is 4.69. The summed E-state index contributed by atoms with van der Waals surface area (Å²) in [5.74, 6) is 12.8. The number of ether oxygens (including phenoxy) is 4. The molecule has 4 aromatic carbocycles. The predicted molar refractivity (Wildman–Crippen MR) is 214 cm³/mol. The largest absolute Gasteiger partial charge is 0.495 e. The van der Waals surface area contributed by atoms with E-state index in [1.807, 2.05) is 69.3 Å². The molecule has 55 heavy (non-hydrogen) atoms. The Morgan fingerprint density at radius 1 is 0.673 bits per heavy atom. The van der Waals surface area contributed by atoms with Crippen LogP contribution in [0.1, 0.15) is 44.4 Å². The van der Waals surface area contributed by atoms with Gasteiger partial charge in [-0.05, 0) is 99.2 Å². The molecule has 0 spiro atoms. The van der Waals surface area contributed by atoms with Crippen LogP contribution in [0.3, 0.4) is 0 Å². The van der Waals surface area contributed by atoms with Gasteiger partial charge in [-0.25, -0.2) is 0 Å². The molecule has 4 rings (SSSR count). The number of para-hydroxylation sites is 2. The molecule has 17 heteroatoms. The maximum atomic E-state index is 12.0. The van der Waals surface area contributed by atoms with Gasteiger partial charge in [0.25, 0.3) is 10.1 Å². The summed E-state index contributed by atoms with van der Waals surface area (Å²) in [4.78, 5) is 9.91. The second kappa shape index (κ2) is 26.3. The second-order valence-corrected chi connectivity index (χ2v) is 15.2. The van der Waals surface area contributed by atoms with Gasteiger partial charge in [0.05, 0.1) is 59.6 Å². The number of benzene rings is 4. The average molecular weight is 824 g/mol. The zero-order valence-corrected chi connectivity index (χ0v) is 34.7. The van der Waals surface area contributed by atoms with Crippen molar-refractivity contribution in [2.75, 3.05) is 34.0 Å². The highest BCUT2D eigenvalue weighted by Crippen LogP contribution is 2.32. The SMILES string of the molecule is CCOc1ccccc1OCCOS(=O)(=O)c1ccc(C)cc1.COc1ccc(CC(C)C)cc1SOON.COc1ccc(C[C@@H](C)N)cc1SOON. The molecule has 0 amide bonds. The molecule has 0 saturated heterocycles. The highest BCUT2D eigenvalue weighted by molar-refractivity contribution is 7.95. The van der Waals surface area contributed by atoms with E-state index in [0.29, 0.717) is 29.8 Å². The third-order valence-electron chi connectivity index (χ3n) is 7.02. The number of methoxy groups -OCH3 is 2. The number of nitrogens with two attached hydrogens (primary N) is 3. The molecule has 304 valence electrons. The molecule has 0 aliphatic heterocycles. The zero-order chi connectivity index (χ0) is 40.6. The maximum Gasteiger partial charge on any atom is 0.297 e. The average Bonchev–Trinajstić information content (AvgIpc) is 3.16. The van der Waals surface area contributed by atoms with Crippen molar-refractivity contribution in [1.82, 2.24) is 0 Å². The summed E-state index contributed by atoms with van der Waals surface area (Å²) in [7, 11) is -0.556. The van der Waals surface area contributed by atoms with E-state index in [9.17, 15) is 8.42 Å². The Balaban J connectivity index is 0.000000293. The van der Waals surface area contributed by atoms with Crippen LogP contribution < -0.4 is 36.5 Å². The lowest BCUT2D eigenvalue weighted by atomic mass is 10.0. The number of hydrogen-bond donors (Lipinski definition) is 3. The van der Waals surface area contributed by atoms with Gasteiger partial charge in [0.1, 0.15) is 24.7 Å². The zero-order valence-electron chi connectivity index (χ0n) is 32.2. The summed E-state index contributed by atoms with van der Waals surface area (Å²) in [5.41, 5.74) is 9.06. The van der Waals surface area contributed by atoms with Crippen molar-refractivity contribution >= 4 is 34.2 Å². The van der Waals surface area contributed by atoms with E-state index >= 15 is 0 Å². The first kappa shape index (κ1) is 47.6. The lowest BCUT2D eigenvalue weighted by Crippen LogP contribution is -2.17. The lowest BCUT2D eigenvalue weighted by Gasteiger charge is -2.11. The Morgan fingerprint density at radius 3 is 1.64 bits per heavy atom. The summed E-state index contributed by atoms with van der Waals surface area (Å²) in [6.45, 7) is 10.6. The van der Waals surface area contributed by atoms with E-state index in [-0.39, 0.29) is 24.2 Å². The van der Waals surface area contributed by atoms with E-state index < -0.39 is 10.1 Å². The van der Waals surface area contributed by atoms with Crippen LogP contribution in [0.15, 0.2) is 99.6 Å². The van der Waals surface area contributed by atoms with Gasteiger partial charge in [-0.2, -0.15) is 20.2 Å². The highest BCUT2D eigenvalue weighted by Gasteiger charge is 2.15. The molecule has 0 unspecified atom stereocenters. The van der Waals surface area contributed by atoms with Crippen molar-refractivity contribution in [3.63, 3.8) is 0 Å². The van der Waals surface area contributed by atoms with Gasteiger partial charge >= 0.3 is 0 Å². The molecule has 0 fully saturated rings. The van der Waals surface area contributed by atoms with Gasteiger partial charge in [0, 0.05) is 6.04 Å². The quantitative estimate of drug-likeness (QED) is 0.0264. The molecule has 4 aromatic rings. The topological polar surface area (TPSA) is 195 Å². The van der Waals surface area contributed by atoms with E-state index in [1.165, 1.54) is 17.7 Å². The first-order valence-electron chi connectivity index (χ1n) is 17.2. The highest BCUT2D eigenvalue weighted by atomic mass is 32.2. The fourth-order valence-corrected chi connectivity index (χ4v) is 6.68. The first-order valence-corrected chi connectivity index (χ1v) is 20.1. The van der Waals surface area contributed by atoms with Crippen LogP contribution in [-0.2, 0) is 45.8 Å². The number of hydrogen-bond acceptors (Lipinski definition) is 16. The molecule has 0 radical (unpaired) electrons. The van der Waals surface area contributed by atoms with Crippen LogP contribution >= 0.6 is 24.1 Å². The monoisotopic (exact) mass is 823 g/mol. The summed E-state index contributed by atoms with van der Waals surface area (Å²) in [6.07, 6.45) is 1.81. The van der Waals surface area contributed by atoms with Crippen molar-refractivity contribution in [1.29, 1.82) is 0 Å². The van der Waals surface area contributed by atoms with Crippen molar-refractivity contribution in [3.05, 3.63) is 102 Å². The van der Waals surface area contributed by atoms with Crippen LogP contribution in [0.5, 0.6) is 23.0 Å². The van der Waals surface area contributed by atoms with Crippen LogP contribution in [-0.4, -0.2) is 48.5 Å². The van der Waals surface area contributed by atoms with E-state index in [2.05, 4.69) is 32.5 Å². The smallest absolute Gasteiger partial charge is 0.297 e. The van der Waals surface area contributed by atoms with Crippen LogP contribution in [0.4, 0.5) is 0 Å². The normalized spacial score (nSPS) is 11.5. The van der Waals surface area contributed by atoms with Gasteiger partial charge in [-0.1, -0.05) is 55.8 Å². The summed E-state index contributed by atoms with van der Waals surface area (Å²) < 4.78 is 59.6. The van der Waals surface area contributed by atoms with Crippen LogP contribution in [0.25, 0.3) is 0 Å². The summed E-state index contributed by atoms with van der Waals surface area (Å²) >= 11 is 2.04. The van der Waals surface area contributed by atoms with Crippen molar-refractivity contribution in [2.45, 2.75) is 68.2 Å². The molecule has 0 bridgehead atoms. The third kappa shape index (κ3) is 18.3. The first-order chi connectivity index (χ1) is 26.4. The van der Waals surface area contributed by atoms with Crippen molar-refractivity contribution in [2.24, 2.45) is 23.4 Å². The lowest BCUT2D eigenvalue weighted by molar-refractivity contribution is -0.195. The Labute approximate surface area is 333 Å². The molecule has 0 saturated carbocycles. The summed E-state index contributed by atoms with van der Waals surface area (Å²) in [6, 6.07) is 25.6. The number of aryl methyl sites for hydroxylation is 1. The van der Waals surface area contributed by atoms with E-state index in [1.54, 1.807) is 38.5 Å². The van der Waals surface area contributed by atoms with E-state index in [0.717, 1.165) is 63.6 Å². The molecular weight excluding hydrogens is 771 g/mol. The minimum atomic E-state index is -3.76. The van der Waals surface area contributed by atoms with Gasteiger partial charge in [-0.15, -0.1) is 18.6 Å². The molecule has 1 atom stereocenters. The number of rotatable bonds is 20. The van der Waals surface area contributed by atoms with Crippen LogP contribution in [0, 0.1) is 12.8 Å². The van der Waals surface area contributed by atoms with Crippen LogP contribution in [0.2, 0.25) is 0 Å². The molecule has 0 aromatic heterocycles. The van der Waals surface area contributed by atoms with Gasteiger partial charge in [0.2, 0.25) is 0 Å². The standard InChI is InChI=1S/C17H20O5S.C11H17NO3S.C10H16N2O3S/c1-3-20-16-6-4-5-7-17(16)21-12-13-22-23(18,19)15-10-8-14(2)9-11-15;1-8(2)6-9-4-5-10(13-3)11(7-9)16-15-14-12;1-7(11)5-8-3-4-9(13-2)10(6-8)16-15-14-12/h4-11H,3,12-13H2,1-2H3;4-5,7-8H,6,12H2,1-3H3;3-4,6-7H,5,11-12H2,1-2H3/t;;7-/m..1/s1. The minimum absolute atomic E-state index is 0.0727. The predicted octanol–water partition coefficient (Wildman–Crippen LogP) is 7.31.